The Balaban J connectivity index is 3.08. The van der Waals surface area contributed by atoms with E-state index >= 15 is 0 Å². The van der Waals surface area contributed by atoms with Crippen LogP contribution in [0.4, 0.5) is 0 Å². The summed E-state index contributed by atoms with van der Waals surface area (Å²) in [6.07, 6.45) is 7.59. The predicted octanol–water partition coefficient (Wildman–Crippen LogP) is 2.00. The van der Waals surface area contributed by atoms with Gasteiger partial charge in [0.05, 0.1) is 13.2 Å². The fourth-order valence-electron chi connectivity index (χ4n) is 1.10. The highest BCUT2D eigenvalue weighted by Crippen LogP contribution is 2.03. The zero-order valence-electron chi connectivity index (χ0n) is 8.91. The first-order chi connectivity index (χ1) is 7.31. The maximum atomic E-state index is 10.6. The molecule has 0 spiro atoms. The molecule has 0 saturated heterocycles. The van der Waals surface area contributed by atoms with E-state index in [0.717, 1.165) is 38.2 Å². The Morgan fingerprint density at radius 3 is 2.60 bits per heavy atom. The molecule has 0 radical (unpaired) electrons. The Bertz CT molecular complexity index is 232. The number of esters is 1. The second-order valence-electron chi connectivity index (χ2n) is 3.11. The Morgan fingerprint density at radius 2 is 1.93 bits per heavy atom. The third-order valence-corrected chi connectivity index (χ3v) is 1.89. The molecule has 84 valence electrons. The van der Waals surface area contributed by atoms with Crippen LogP contribution in [0.5, 0.6) is 0 Å². The van der Waals surface area contributed by atoms with Gasteiger partial charge in [-0.3, -0.25) is 0 Å². The largest absolute Gasteiger partial charge is 0.463 e. The summed E-state index contributed by atoms with van der Waals surface area (Å²) < 4.78 is 4.81. The fourth-order valence-corrected chi connectivity index (χ4v) is 1.10. The van der Waals surface area contributed by atoms with Gasteiger partial charge in [0.2, 0.25) is 6.08 Å². The number of carbonyl (C=O) groups excluding carboxylic acids is 2. The number of hydrogen-bond acceptors (Lipinski definition) is 4. The van der Waals surface area contributed by atoms with Crippen LogP contribution in [0.25, 0.3) is 0 Å². The Labute approximate surface area is 90.0 Å². The first-order valence-corrected chi connectivity index (χ1v) is 5.14. The summed E-state index contributed by atoms with van der Waals surface area (Å²) >= 11 is 0. The normalized spacial score (nSPS) is 9.07. The van der Waals surface area contributed by atoms with Crippen LogP contribution in [0.1, 0.15) is 32.1 Å². The zero-order valence-corrected chi connectivity index (χ0v) is 8.91. The Hall–Kier alpha value is -1.41. The summed E-state index contributed by atoms with van der Waals surface area (Å²) in [4.78, 5) is 23.8. The van der Waals surface area contributed by atoms with Crippen molar-refractivity contribution in [1.82, 2.24) is 0 Å². The molecule has 0 amide bonds. The molecule has 15 heavy (non-hydrogen) atoms. The molecule has 0 N–H and O–H groups in total. The summed E-state index contributed by atoms with van der Waals surface area (Å²) in [5.41, 5.74) is 0. The molecule has 0 aromatic carbocycles. The zero-order chi connectivity index (χ0) is 11.4. The van der Waals surface area contributed by atoms with Crippen molar-refractivity contribution in [2.45, 2.75) is 32.1 Å². The lowest BCUT2D eigenvalue weighted by Crippen LogP contribution is -2.01. The minimum atomic E-state index is -0.365. The third-order valence-electron chi connectivity index (χ3n) is 1.89. The molecular weight excluding hydrogens is 194 g/mol. The van der Waals surface area contributed by atoms with E-state index in [1.807, 2.05) is 0 Å². The van der Waals surface area contributed by atoms with E-state index in [0.29, 0.717) is 13.2 Å². The molecular formula is C11H17NO3. The molecule has 0 rings (SSSR count). The van der Waals surface area contributed by atoms with Crippen LogP contribution in [0.3, 0.4) is 0 Å². The summed E-state index contributed by atoms with van der Waals surface area (Å²) in [5.74, 6) is -0.365. The number of ether oxygens (including phenoxy) is 1. The van der Waals surface area contributed by atoms with Gasteiger partial charge < -0.3 is 4.74 Å². The Morgan fingerprint density at radius 1 is 1.27 bits per heavy atom. The maximum absolute atomic E-state index is 10.6. The van der Waals surface area contributed by atoms with Crippen molar-refractivity contribution in [2.75, 3.05) is 13.2 Å². The number of rotatable bonds is 9. The molecule has 0 fully saturated rings. The fraction of sp³-hybridized carbons (Fsp3) is 0.636. The lowest BCUT2D eigenvalue weighted by Gasteiger charge is -2.01. The molecule has 4 nitrogen and oxygen atoms in total. The van der Waals surface area contributed by atoms with Gasteiger partial charge in [-0.1, -0.05) is 25.8 Å². The number of isocyanates is 1. The van der Waals surface area contributed by atoms with Crippen molar-refractivity contribution in [3.8, 4) is 0 Å². The van der Waals surface area contributed by atoms with Crippen molar-refractivity contribution in [1.29, 1.82) is 0 Å². The van der Waals surface area contributed by atoms with Crippen molar-refractivity contribution in [3.63, 3.8) is 0 Å². The van der Waals surface area contributed by atoms with Crippen LogP contribution < -0.4 is 0 Å². The van der Waals surface area contributed by atoms with Crippen molar-refractivity contribution in [2.24, 2.45) is 4.99 Å². The van der Waals surface area contributed by atoms with E-state index in [1.54, 1.807) is 0 Å². The third kappa shape index (κ3) is 10.5. The monoisotopic (exact) mass is 211 g/mol. The number of aliphatic imine (C=N–C) groups is 1. The summed E-state index contributed by atoms with van der Waals surface area (Å²) in [7, 11) is 0. The second kappa shape index (κ2) is 10.7. The van der Waals surface area contributed by atoms with Crippen LogP contribution in [-0.4, -0.2) is 25.2 Å². The maximum Gasteiger partial charge on any atom is 0.330 e. The molecule has 0 unspecified atom stereocenters. The molecule has 0 aliphatic heterocycles. The first-order valence-electron chi connectivity index (χ1n) is 5.14. The van der Waals surface area contributed by atoms with E-state index < -0.39 is 0 Å². The molecule has 0 aliphatic rings. The lowest BCUT2D eigenvalue weighted by molar-refractivity contribution is -0.137. The number of nitrogens with zero attached hydrogens (tertiary/aromatic N) is 1. The van der Waals surface area contributed by atoms with E-state index in [2.05, 4.69) is 11.6 Å². The molecule has 4 heteroatoms. The van der Waals surface area contributed by atoms with Gasteiger partial charge in [-0.15, -0.1) is 0 Å². The summed E-state index contributed by atoms with van der Waals surface area (Å²) in [5, 5.41) is 0. The van der Waals surface area contributed by atoms with Gasteiger partial charge in [0.1, 0.15) is 0 Å². The van der Waals surface area contributed by atoms with Crippen molar-refractivity contribution in [3.05, 3.63) is 12.7 Å². The van der Waals surface area contributed by atoms with Gasteiger partial charge in [-0.25, -0.2) is 14.6 Å². The van der Waals surface area contributed by atoms with Gasteiger partial charge in [0, 0.05) is 6.08 Å². The highest BCUT2D eigenvalue weighted by molar-refractivity contribution is 5.81. The smallest absolute Gasteiger partial charge is 0.330 e. The molecule has 0 bridgehead atoms. The van der Waals surface area contributed by atoms with Crippen LogP contribution in [0.15, 0.2) is 17.6 Å². The minimum absolute atomic E-state index is 0.365. The lowest BCUT2D eigenvalue weighted by atomic mass is 10.1. The van der Waals surface area contributed by atoms with Crippen LogP contribution in [0.2, 0.25) is 0 Å². The number of unbranched alkanes of at least 4 members (excludes halogenated alkanes) is 4. The molecule has 0 heterocycles. The van der Waals surface area contributed by atoms with Crippen molar-refractivity contribution >= 4 is 12.0 Å². The average Bonchev–Trinajstić information content (AvgIpc) is 2.26. The van der Waals surface area contributed by atoms with E-state index in [-0.39, 0.29) is 5.97 Å². The summed E-state index contributed by atoms with van der Waals surface area (Å²) in [6.45, 7) is 4.32. The summed E-state index contributed by atoms with van der Waals surface area (Å²) in [6, 6.07) is 0. The van der Waals surface area contributed by atoms with Gasteiger partial charge in [0.25, 0.3) is 0 Å². The van der Waals surface area contributed by atoms with E-state index in [1.165, 1.54) is 6.08 Å². The van der Waals surface area contributed by atoms with Gasteiger partial charge in [0.15, 0.2) is 0 Å². The van der Waals surface area contributed by atoms with Crippen LogP contribution in [0, 0.1) is 0 Å². The standard InChI is InChI=1S/C11H17NO3/c1-2-11(14)15-9-7-5-3-4-6-8-12-10-13/h2H,1,3-9H2. The molecule has 0 aliphatic carbocycles. The highest BCUT2D eigenvalue weighted by Gasteiger charge is 1.95. The topological polar surface area (TPSA) is 55.7 Å². The average molecular weight is 211 g/mol. The number of carbonyl (C=O) groups is 1. The second-order valence-corrected chi connectivity index (χ2v) is 3.11. The van der Waals surface area contributed by atoms with Crippen LogP contribution in [-0.2, 0) is 14.3 Å². The quantitative estimate of drug-likeness (QED) is 0.193. The SMILES string of the molecule is C=CC(=O)OCCCCCCCN=C=O. The molecule has 0 atom stereocenters. The Kier molecular flexibility index (Phi) is 9.67. The van der Waals surface area contributed by atoms with Gasteiger partial charge >= 0.3 is 5.97 Å². The first kappa shape index (κ1) is 13.6. The predicted molar refractivity (Wildman–Crippen MR) is 57.2 cm³/mol. The van der Waals surface area contributed by atoms with E-state index in [9.17, 15) is 9.59 Å². The molecule has 0 aromatic heterocycles. The number of hydrogen-bond donors (Lipinski definition) is 0. The van der Waals surface area contributed by atoms with Gasteiger partial charge in [-0.05, 0) is 12.8 Å². The minimum Gasteiger partial charge on any atom is -0.463 e. The molecule has 0 saturated carbocycles. The van der Waals surface area contributed by atoms with Gasteiger partial charge in [-0.2, -0.15) is 0 Å². The highest BCUT2D eigenvalue weighted by atomic mass is 16.5. The van der Waals surface area contributed by atoms with Crippen LogP contribution >= 0.6 is 0 Å². The van der Waals surface area contributed by atoms with E-state index in [4.69, 9.17) is 4.74 Å². The van der Waals surface area contributed by atoms with Crippen molar-refractivity contribution < 1.29 is 14.3 Å². The molecule has 0 aromatic rings.